The number of ether oxygens (including phenoxy) is 2. The summed E-state index contributed by atoms with van der Waals surface area (Å²) in [4.78, 5) is 41.2. The summed E-state index contributed by atoms with van der Waals surface area (Å²) in [6.45, 7) is 6.34. The maximum absolute atomic E-state index is 12.6. The van der Waals surface area contributed by atoms with E-state index in [1.165, 1.54) is 0 Å². The molecule has 0 atom stereocenters. The number of nitrogens with zero attached hydrogens (tertiary/aromatic N) is 5. The number of carbonyl (C=O) groups excluding carboxylic acids is 1. The maximum atomic E-state index is 12.6. The fraction of sp³-hybridized carbons (Fsp3) is 0.393. The monoisotopic (exact) mass is 552 g/mol. The number of aromatic amines is 1. The fourth-order valence-corrected chi connectivity index (χ4v) is 4.99. The molecule has 0 spiro atoms. The Morgan fingerprint density at radius 1 is 0.923 bits per heavy atom. The second-order valence-corrected chi connectivity index (χ2v) is 10.1. The zero-order valence-electron chi connectivity index (χ0n) is 22.0. The van der Waals surface area contributed by atoms with Crippen LogP contribution >= 0.6 is 11.6 Å². The summed E-state index contributed by atoms with van der Waals surface area (Å²) in [5, 5.41) is 0.618. The lowest BCUT2D eigenvalue weighted by molar-refractivity contribution is -0.133. The first kappa shape index (κ1) is 26.8. The van der Waals surface area contributed by atoms with E-state index < -0.39 is 0 Å². The van der Waals surface area contributed by atoms with Gasteiger partial charge in [-0.1, -0.05) is 17.7 Å². The van der Waals surface area contributed by atoms with Crippen LogP contribution in [0.25, 0.3) is 0 Å². The highest BCUT2D eigenvalue weighted by Crippen LogP contribution is 2.22. The van der Waals surface area contributed by atoms with Crippen LogP contribution in [-0.2, 0) is 11.3 Å². The number of amides is 1. The van der Waals surface area contributed by atoms with Gasteiger partial charge in [-0.25, -0.2) is 4.98 Å². The lowest BCUT2D eigenvalue weighted by Gasteiger charge is -2.36. The zero-order chi connectivity index (χ0) is 27.2. The number of anilines is 2. The third kappa shape index (κ3) is 7.01. The van der Waals surface area contributed by atoms with Crippen LogP contribution in [0.1, 0.15) is 5.69 Å². The number of hydrogen-bond acceptors (Lipinski definition) is 8. The van der Waals surface area contributed by atoms with Crippen molar-refractivity contribution in [3.8, 4) is 11.5 Å². The van der Waals surface area contributed by atoms with Gasteiger partial charge in [0, 0.05) is 81.7 Å². The normalized spacial score (nSPS) is 16.3. The molecule has 0 unspecified atom stereocenters. The second-order valence-electron chi connectivity index (χ2n) is 9.64. The molecule has 3 aromatic rings. The molecule has 2 aromatic carbocycles. The van der Waals surface area contributed by atoms with Gasteiger partial charge in [0.25, 0.3) is 11.5 Å². The van der Waals surface area contributed by atoms with Crippen molar-refractivity contribution in [2.75, 3.05) is 75.9 Å². The van der Waals surface area contributed by atoms with Crippen LogP contribution in [0.2, 0.25) is 5.02 Å². The Morgan fingerprint density at radius 3 is 2.36 bits per heavy atom. The first-order valence-electron chi connectivity index (χ1n) is 13.1. The molecule has 0 aliphatic carbocycles. The Morgan fingerprint density at radius 2 is 1.64 bits per heavy atom. The highest BCUT2D eigenvalue weighted by Gasteiger charge is 2.24. The molecule has 3 heterocycles. The number of methoxy groups -OCH3 is 1. The molecular formula is C28H33ClN6O4. The first-order chi connectivity index (χ1) is 19.0. The van der Waals surface area contributed by atoms with Gasteiger partial charge in [0.2, 0.25) is 5.95 Å². The van der Waals surface area contributed by atoms with Crippen molar-refractivity contribution >= 4 is 29.1 Å². The molecule has 206 valence electrons. The van der Waals surface area contributed by atoms with Gasteiger partial charge in [-0.3, -0.25) is 19.5 Å². The van der Waals surface area contributed by atoms with Crippen molar-refractivity contribution in [3.05, 3.63) is 75.7 Å². The lowest BCUT2D eigenvalue weighted by Crippen LogP contribution is -2.50. The van der Waals surface area contributed by atoms with Crippen LogP contribution in [0, 0.1) is 0 Å². The topological polar surface area (TPSA) is 94.2 Å². The van der Waals surface area contributed by atoms with Crippen molar-refractivity contribution in [2.24, 2.45) is 0 Å². The van der Waals surface area contributed by atoms with Gasteiger partial charge in [-0.05, 0) is 36.4 Å². The Hall–Kier alpha value is -3.76. The van der Waals surface area contributed by atoms with Crippen LogP contribution in [-0.4, -0.2) is 91.7 Å². The van der Waals surface area contributed by atoms with Gasteiger partial charge < -0.3 is 24.2 Å². The van der Waals surface area contributed by atoms with Crippen molar-refractivity contribution in [1.29, 1.82) is 0 Å². The smallest absolute Gasteiger partial charge is 0.260 e. The number of benzene rings is 2. The minimum Gasteiger partial charge on any atom is -0.497 e. The van der Waals surface area contributed by atoms with E-state index in [1.54, 1.807) is 42.3 Å². The number of rotatable bonds is 8. The molecule has 1 amide bonds. The molecule has 0 bridgehead atoms. The average molecular weight is 553 g/mol. The number of halogens is 1. The van der Waals surface area contributed by atoms with E-state index >= 15 is 0 Å². The van der Waals surface area contributed by atoms with Crippen molar-refractivity contribution < 1.29 is 14.3 Å². The van der Waals surface area contributed by atoms with Gasteiger partial charge in [-0.2, -0.15) is 0 Å². The largest absolute Gasteiger partial charge is 0.497 e. The zero-order valence-corrected chi connectivity index (χ0v) is 22.8. The molecule has 2 saturated heterocycles. The summed E-state index contributed by atoms with van der Waals surface area (Å²) in [6.07, 6.45) is 0. The molecule has 0 radical (unpaired) electrons. The number of hydrogen-bond donors (Lipinski definition) is 1. The number of piperazine rings is 2. The Kier molecular flexibility index (Phi) is 8.53. The molecule has 2 fully saturated rings. The molecular weight excluding hydrogens is 520 g/mol. The number of aromatic nitrogens is 2. The van der Waals surface area contributed by atoms with Gasteiger partial charge in [0.05, 0.1) is 12.8 Å². The van der Waals surface area contributed by atoms with Crippen LogP contribution in [0.4, 0.5) is 11.6 Å². The number of nitrogens with one attached hydrogen (secondary N) is 1. The average Bonchev–Trinajstić information content (AvgIpc) is 2.97. The van der Waals surface area contributed by atoms with Gasteiger partial charge in [0.15, 0.2) is 6.61 Å². The third-order valence-electron chi connectivity index (χ3n) is 7.07. The van der Waals surface area contributed by atoms with E-state index in [9.17, 15) is 9.59 Å². The van der Waals surface area contributed by atoms with Crippen LogP contribution in [0.5, 0.6) is 11.5 Å². The van der Waals surface area contributed by atoms with Gasteiger partial charge >= 0.3 is 0 Å². The third-order valence-corrected chi connectivity index (χ3v) is 7.32. The Balaban J connectivity index is 1.11. The van der Waals surface area contributed by atoms with E-state index in [2.05, 4.69) is 26.9 Å². The molecule has 2 aliphatic rings. The van der Waals surface area contributed by atoms with Gasteiger partial charge in [0.1, 0.15) is 11.5 Å². The predicted molar refractivity (Wildman–Crippen MR) is 151 cm³/mol. The van der Waals surface area contributed by atoms with Crippen molar-refractivity contribution in [1.82, 2.24) is 19.8 Å². The van der Waals surface area contributed by atoms with Crippen LogP contribution < -0.4 is 24.8 Å². The summed E-state index contributed by atoms with van der Waals surface area (Å²) < 4.78 is 11.0. The number of carbonyl (C=O) groups is 1. The molecule has 10 nitrogen and oxygen atoms in total. The van der Waals surface area contributed by atoms with E-state index in [1.807, 2.05) is 17.0 Å². The summed E-state index contributed by atoms with van der Waals surface area (Å²) in [5.74, 6) is 1.93. The highest BCUT2D eigenvalue weighted by atomic mass is 35.5. The van der Waals surface area contributed by atoms with Crippen LogP contribution in [0.3, 0.4) is 0 Å². The summed E-state index contributed by atoms with van der Waals surface area (Å²) in [6, 6.07) is 16.6. The van der Waals surface area contributed by atoms with Crippen LogP contribution in [0.15, 0.2) is 59.4 Å². The molecule has 0 saturated carbocycles. The molecule has 11 heteroatoms. The van der Waals surface area contributed by atoms with Gasteiger partial charge in [-0.15, -0.1) is 0 Å². The summed E-state index contributed by atoms with van der Waals surface area (Å²) in [5.41, 5.74) is 1.73. The molecule has 1 aromatic heterocycles. The minimum absolute atomic E-state index is 0.0305. The maximum Gasteiger partial charge on any atom is 0.260 e. The van der Waals surface area contributed by atoms with E-state index in [-0.39, 0.29) is 18.1 Å². The lowest BCUT2D eigenvalue weighted by atomic mass is 10.2. The summed E-state index contributed by atoms with van der Waals surface area (Å²) >= 11 is 5.89. The number of H-pyrrole nitrogens is 1. The fourth-order valence-electron chi connectivity index (χ4n) is 4.86. The second kappa shape index (κ2) is 12.4. The Labute approximate surface area is 232 Å². The molecule has 39 heavy (non-hydrogen) atoms. The standard InChI is InChI=1S/C28H33ClN6O4/c1-38-25-4-2-3-23(18-25)33-11-9-32(10-12-33)19-22-17-26(36)31-28(30-22)35-15-13-34(14-16-35)27(37)20-39-24-7-5-21(29)6-8-24/h2-8,17-18H,9-16,19-20H2,1H3,(H,30,31,36). The quantitative estimate of drug-likeness (QED) is 0.455. The predicted octanol–water partition coefficient (Wildman–Crippen LogP) is 2.48. The van der Waals surface area contributed by atoms with Crippen molar-refractivity contribution in [3.63, 3.8) is 0 Å². The van der Waals surface area contributed by atoms with E-state index in [4.69, 9.17) is 26.1 Å². The minimum atomic E-state index is -0.167. The van der Waals surface area contributed by atoms with E-state index in [0.717, 1.165) is 43.3 Å². The van der Waals surface area contributed by atoms with Crippen molar-refractivity contribution in [2.45, 2.75) is 6.54 Å². The first-order valence-corrected chi connectivity index (χ1v) is 13.5. The molecule has 5 rings (SSSR count). The summed E-state index contributed by atoms with van der Waals surface area (Å²) in [7, 11) is 1.68. The SMILES string of the molecule is COc1cccc(N2CCN(Cc3cc(=O)[nH]c(N4CCN(C(=O)COc5ccc(Cl)cc5)CC4)n3)CC2)c1. The molecule has 2 aliphatic heterocycles. The Bertz CT molecular complexity index is 1320. The highest BCUT2D eigenvalue weighted by molar-refractivity contribution is 6.30. The molecule has 1 N–H and O–H groups in total. The van der Waals surface area contributed by atoms with E-state index in [0.29, 0.717) is 49.4 Å².